The van der Waals surface area contributed by atoms with E-state index in [4.69, 9.17) is 4.74 Å². The Balaban J connectivity index is 1.60. The highest BCUT2D eigenvalue weighted by Gasteiger charge is 2.22. The minimum absolute atomic E-state index is 0.202. The molecule has 6 nitrogen and oxygen atoms in total. The van der Waals surface area contributed by atoms with Gasteiger partial charge in [0.1, 0.15) is 29.8 Å². The molecule has 2 heterocycles. The Morgan fingerprint density at radius 2 is 1.79 bits per heavy atom. The van der Waals surface area contributed by atoms with Gasteiger partial charge in [0, 0.05) is 6.20 Å². The number of carbonyl (C=O) groups excluding carboxylic acids is 1. The lowest BCUT2D eigenvalue weighted by Gasteiger charge is -2.17. The summed E-state index contributed by atoms with van der Waals surface area (Å²) in [4.78, 5) is 17.4. The third kappa shape index (κ3) is 4.54. The third-order valence-electron chi connectivity index (χ3n) is 5.20. The highest BCUT2D eigenvalue weighted by molar-refractivity contribution is 5.95. The molecular weight excluding hydrogens is 435 g/mol. The Labute approximate surface area is 187 Å². The second-order valence-corrected chi connectivity index (χ2v) is 7.36. The number of hydrogen-bond acceptors (Lipinski definition) is 4. The molecule has 0 radical (unpaired) electrons. The zero-order valence-corrected chi connectivity index (χ0v) is 17.6. The molecule has 0 saturated heterocycles. The molecule has 0 bridgehead atoms. The fraction of sp³-hybridized carbons (Fsp3) is 0.167. The second kappa shape index (κ2) is 9.33. The first-order valence-corrected chi connectivity index (χ1v) is 10.1. The summed E-state index contributed by atoms with van der Waals surface area (Å²) < 4.78 is 48.2. The number of pyridine rings is 1. The maximum Gasteiger partial charge on any atom is 0.270 e. The summed E-state index contributed by atoms with van der Waals surface area (Å²) in [5.74, 6) is -2.16. The molecule has 33 heavy (non-hydrogen) atoms. The molecule has 1 amide bonds. The van der Waals surface area contributed by atoms with Crippen molar-refractivity contribution in [2.24, 2.45) is 0 Å². The van der Waals surface area contributed by atoms with Gasteiger partial charge >= 0.3 is 0 Å². The van der Waals surface area contributed by atoms with E-state index >= 15 is 0 Å². The summed E-state index contributed by atoms with van der Waals surface area (Å²) in [5.41, 5.74) is 1.20. The Bertz CT molecular complexity index is 1290. The maximum absolute atomic E-state index is 13.9. The molecule has 0 saturated carbocycles. The van der Waals surface area contributed by atoms with Gasteiger partial charge in [-0.15, -0.1) is 0 Å². The van der Waals surface area contributed by atoms with Crippen LogP contribution < -0.4 is 10.1 Å². The number of ether oxygens (including phenoxy) is 1. The van der Waals surface area contributed by atoms with E-state index in [-0.39, 0.29) is 23.6 Å². The van der Waals surface area contributed by atoms with Crippen LogP contribution in [0.5, 0.6) is 5.75 Å². The lowest BCUT2D eigenvalue weighted by atomic mass is 10.1. The number of aromatic nitrogens is 2. The van der Waals surface area contributed by atoms with Crippen LogP contribution in [-0.2, 0) is 6.61 Å². The van der Waals surface area contributed by atoms with Gasteiger partial charge in [0.2, 0.25) is 0 Å². The number of aliphatic hydroxyl groups is 1. The average Bonchev–Trinajstić information content (AvgIpc) is 3.14. The molecule has 9 heteroatoms. The number of halogens is 3. The SMILES string of the molecule is Cc1nc2c(OCc3c(F)cccc3F)cccn2c1C(=O)NC(CO)c1ccc(F)cc1. The molecule has 2 aromatic heterocycles. The minimum Gasteiger partial charge on any atom is -0.485 e. The number of nitrogens with zero attached hydrogens (tertiary/aromatic N) is 2. The van der Waals surface area contributed by atoms with E-state index < -0.39 is 36.0 Å². The van der Waals surface area contributed by atoms with Crippen molar-refractivity contribution in [1.29, 1.82) is 0 Å². The van der Waals surface area contributed by atoms with E-state index in [1.807, 2.05) is 0 Å². The second-order valence-electron chi connectivity index (χ2n) is 7.36. The highest BCUT2D eigenvalue weighted by Crippen LogP contribution is 2.25. The molecule has 0 aliphatic heterocycles. The number of aliphatic hydroxyl groups excluding tert-OH is 1. The zero-order chi connectivity index (χ0) is 23.5. The van der Waals surface area contributed by atoms with Crippen molar-refractivity contribution < 1.29 is 27.8 Å². The summed E-state index contributed by atoms with van der Waals surface area (Å²) in [6.07, 6.45) is 1.60. The third-order valence-corrected chi connectivity index (χ3v) is 5.20. The van der Waals surface area contributed by atoms with E-state index in [1.54, 1.807) is 25.3 Å². The predicted octanol–water partition coefficient (Wildman–Crippen LogP) is 4.10. The molecule has 0 spiro atoms. The number of imidazole rings is 1. The molecule has 0 aliphatic rings. The van der Waals surface area contributed by atoms with Gasteiger partial charge in [-0.25, -0.2) is 18.2 Å². The molecular formula is C24H20F3N3O3. The average molecular weight is 455 g/mol. The molecule has 170 valence electrons. The Morgan fingerprint density at radius 1 is 1.09 bits per heavy atom. The van der Waals surface area contributed by atoms with Crippen LogP contribution in [0.1, 0.15) is 33.4 Å². The number of hydrogen-bond donors (Lipinski definition) is 2. The van der Waals surface area contributed by atoms with Crippen molar-refractivity contribution in [2.75, 3.05) is 6.61 Å². The van der Waals surface area contributed by atoms with Crippen molar-refractivity contribution in [3.05, 3.63) is 101 Å². The predicted molar refractivity (Wildman–Crippen MR) is 114 cm³/mol. The van der Waals surface area contributed by atoms with Gasteiger partial charge in [-0.2, -0.15) is 0 Å². The quantitative estimate of drug-likeness (QED) is 0.440. The van der Waals surface area contributed by atoms with Crippen molar-refractivity contribution in [2.45, 2.75) is 19.6 Å². The van der Waals surface area contributed by atoms with Crippen LogP contribution in [0.25, 0.3) is 5.65 Å². The normalized spacial score (nSPS) is 12.0. The summed E-state index contributed by atoms with van der Waals surface area (Å²) >= 11 is 0. The molecule has 2 N–H and O–H groups in total. The van der Waals surface area contributed by atoms with Crippen molar-refractivity contribution >= 4 is 11.6 Å². The lowest BCUT2D eigenvalue weighted by Crippen LogP contribution is -2.32. The van der Waals surface area contributed by atoms with E-state index in [1.165, 1.54) is 34.7 Å². The monoisotopic (exact) mass is 455 g/mol. The molecule has 0 fully saturated rings. The minimum atomic E-state index is -0.758. The van der Waals surface area contributed by atoms with E-state index in [2.05, 4.69) is 10.3 Å². The Kier molecular flexibility index (Phi) is 6.32. The lowest BCUT2D eigenvalue weighted by molar-refractivity contribution is 0.0909. The van der Waals surface area contributed by atoms with Gasteiger partial charge in [0.05, 0.1) is 23.9 Å². The maximum atomic E-state index is 13.9. The van der Waals surface area contributed by atoms with Crippen LogP contribution in [-0.4, -0.2) is 27.0 Å². The summed E-state index contributed by atoms with van der Waals surface area (Å²) in [7, 11) is 0. The van der Waals surface area contributed by atoms with Crippen LogP contribution in [0, 0.1) is 24.4 Å². The molecule has 2 aromatic carbocycles. The summed E-state index contributed by atoms with van der Waals surface area (Å²) in [6.45, 7) is 0.882. The number of carbonyl (C=O) groups is 1. The fourth-order valence-electron chi connectivity index (χ4n) is 3.52. The van der Waals surface area contributed by atoms with Crippen molar-refractivity contribution in [1.82, 2.24) is 14.7 Å². The van der Waals surface area contributed by atoms with Gasteiger partial charge in [-0.1, -0.05) is 18.2 Å². The van der Waals surface area contributed by atoms with E-state index in [0.29, 0.717) is 16.9 Å². The van der Waals surface area contributed by atoms with Gasteiger partial charge in [0.15, 0.2) is 11.4 Å². The Morgan fingerprint density at radius 3 is 2.45 bits per heavy atom. The van der Waals surface area contributed by atoms with Gasteiger partial charge in [-0.3, -0.25) is 9.20 Å². The van der Waals surface area contributed by atoms with Crippen molar-refractivity contribution in [3.63, 3.8) is 0 Å². The molecule has 4 rings (SSSR count). The number of nitrogens with one attached hydrogen (secondary N) is 1. The van der Waals surface area contributed by atoms with Crippen LogP contribution in [0.4, 0.5) is 13.2 Å². The molecule has 0 aliphatic carbocycles. The number of aryl methyl sites for hydroxylation is 1. The topological polar surface area (TPSA) is 75.9 Å². The number of benzene rings is 2. The van der Waals surface area contributed by atoms with Gasteiger partial charge < -0.3 is 15.2 Å². The standard InChI is InChI=1S/C24H20F3N3O3/c1-14-22(24(32)29-20(12-31)15-7-9-16(25)10-8-15)30-11-3-6-21(23(30)28-14)33-13-17-18(26)4-2-5-19(17)27/h2-11,20,31H,12-13H2,1H3,(H,29,32). The first-order chi connectivity index (χ1) is 15.9. The van der Waals surface area contributed by atoms with Crippen LogP contribution in [0.2, 0.25) is 0 Å². The summed E-state index contributed by atoms with van der Waals surface area (Å²) in [6, 6.07) is 11.4. The fourth-order valence-corrected chi connectivity index (χ4v) is 3.52. The number of rotatable bonds is 7. The number of amides is 1. The highest BCUT2D eigenvalue weighted by atomic mass is 19.1. The van der Waals surface area contributed by atoms with Gasteiger partial charge in [-0.05, 0) is 48.9 Å². The smallest absolute Gasteiger partial charge is 0.270 e. The van der Waals surface area contributed by atoms with Crippen LogP contribution in [0.3, 0.4) is 0 Å². The van der Waals surface area contributed by atoms with Gasteiger partial charge in [0.25, 0.3) is 5.91 Å². The first kappa shape index (κ1) is 22.3. The first-order valence-electron chi connectivity index (χ1n) is 10.1. The summed E-state index contributed by atoms with van der Waals surface area (Å²) in [5, 5.41) is 12.5. The molecule has 1 unspecified atom stereocenters. The number of fused-ring (bicyclic) bond motifs is 1. The molecule has 1 atom stereocenters. The van der Waals surface area contributed by atoms with E-state index in [9.17, 15) is 23.1 Å². The van der Waals surface area contributed by atoms with Crippen LogP contribution >= 0.6 is 0 Å². The largest absolute Gasteiger partial charge is 0.485 e. The van der Waals surface area contributed by atoms with E-state index in [0.717, 1.165) is 12.1 Å². The Hall–Kier alpha value is -3.85. The van der Waals surface area contributed by atoms with Crippen molar-refractivity contribution in [3.8, 4) is 5.75 Å². The van der Waals surface area contributed by atoms with Crippen LogP contribution in [0.15, 0.2) is 60.8 Å². The molecule has 4 aromatic rings. The zero-order valence-electron chi connectivity index (χ0n) is 17.6.